The molecule has 4 N–H and O–H groups in total. The van der Waals surface area contributed by atoms with E-state index in [1.807, 2.05) is 24.3 Å². The lowest BCUT2D eigenvalue weighted by Crippen LogP contribution is -2.20. The molecule has 5 nitrogen and oxygen atoms in total. The number of unbranched alkanes of at least 4 members (excludes halogenated alkanes) is 2. The summed E-state index contributed by atoms with van der Waals surface area (Å²) in [5.41, 5.74) is 11.8. The molecule has 0 radical (unpaired) electrons. The zero-order valence-corrected chi connectivity index (χ0v) is 10.9. The summed E-state index contributed by atoms with van der Waals surface area (Å²) >= 11 is 0. The average molecular weight is 264 g/mol. The van der Waals surface area contributed by atoms with Crippen LogP contribution in [0.4, 0.5) is 0 Å². The lowest BCUT2D eigenvalue weighted by Gasteiger charge is -2.11. The molecule has 1 aromatic carbocycles. The van der Waals surface area contributed by atoms with Gasteiger partial charge in [-0.3, -0.25) is 4.79 Å². The zero-order valence-electron chi connectivity index (χ0n) is 10.9. The van der Waals surface area contributed by atoms with Crippen molar-refractivity contribution in [2.24, 2.45) is 11.5 Å². The van der Waals surface area contributed by atoms with Gasteiger partial charge in [0.05, 0.1) is 6.61 Å². The van der Waals surface area contributed by atoms with E-state index < -0.39 is 5.91 Å². The number of nitrogens with two attached hydrogens (primary N) is 2. The lowest BCUT2D eigenvalue weighted by atomic mass is 10.0. The summed E-state index contributed by atoms with van der Waals surface area (Å²) in [6.45, 7) is 0.584. The molecule has 19 heavy (non-hydrogen) atoms. The average Bonchev–Trinajstić information content (AvgIpc) is 2.38. The topological polar surface area (TPSA) is 95.4 Å². The first-order chi connectivity index (χ1) is 9.13. The SMILES string of the molecule is NC(=O)C[C@H](N)c1ccc(OCCCCC=O)cc1. The van der Waals surface area contributed by atoms with E-state index in [2.05, 4.69) is 0 Å². The van der Waals surface area contributed by atoms with Crippen LogP contribution in [0.3, 0.4) is 0 Å². The maximum Gasteiger partial charge on any atom is 0.219 e. The summed E-state index contributed by atoms with van der Waals surface area (Å²) in [6.07, 6.45) is 3.30. The van der Waals surface area contributed by atoms with Crippen LogP contribution in [0.1, 0.15) is 37.3 Å². The van der Waals surface area contributed by atoms with Crippen LogP contribution in [0.25, 0.3) is 0 Å². The third-order valence-corrected chi connectivity index (χ3v) is 2.71. The summed E-state index contributed by atoms with van der Waals surface area (Å²) in [6, 6.07) is 6.91. The summed E-state index contributed by atoms with van der Waals surface area (Å²) in [5.74, 6) is 0.337. The predicted octanol–water partition coefficient (Wildman–Crippen LogP) is 1.31. The molecule has 0 unspecified atom stereocenters. The van der Waals surface area contributed by atoms with Crippen molar-refractivity contribution in [1.29, 1.82) is 0 Å². The van der Waals surface area contributed by atoms with Crippen molar-refractivity contribution in [3.8, 4) is 5.75 Å². The highest BCUT2D eigenvalue weighted by atomic mass is 16.5. The minimum atomic E-state index is -0.414. The van der Waals surface area contributed by atoms with Crippen LogP contribution in [0.2, 0.25) is 0 Å². The number of amides is 1. The number of carbonyl (C=O) groups excluding carboxylic acids is 2. The molecule has 0 fully saturated rings. The fraction of sp³-hybridized carbons (Fsp3) is 0.429. The van der Waals surface area contributed by atoms with Crippen molar-refractivity contribution in [3.05, 3.63) is 29.8 Å². The predicted molar refractivity (Wildman–Crippen MR) is 72.6 cm³/mol. The molecular weight excluding hydrogens is 244 g/mol. The summed E-state index contributed by atoms with van der Waals surface area (Å²) in [5, 5.41) is 0. The van der Waals surface area contributed by atoms with E-state index in [0.29, 0.717) is 13.0 Å². The van der Waals surface area contributed by atoms with Gasteiger partial charge in [-0.1, -0.05) is 12.1 Å². The highest BCUT2D eigenvalue weighted by Crippen LogP contribution is 2.18. The third-order valence-electron chi connectivity index (χ3n) is 2.71. The Balaban J connectivity index is 2.38. The molecule has 1 atom stereocenters. The maximum absolute atomic E-state index is 10.8. The monoisotopic (exact) mass is 264 g/mol. The first kappa shape index (κ1) is 15.2. The van der Waals surface area contributed by atoms with Crippen molar-refractivity contribution >= 4 is 12.2 Å². The van der Waals surface area contributed by atoms with Crippen molar-refractivity contribution < 1.29 is 14.3 Å². The maximum atomic E-state index is 10.8. The lowest BCUT2D eigenvalue weighted by molar-refractivity contribution is -0.118. The van der Waals surface area contributed by atoms with Gasteiger partial charge in [-0.05, 0) is 30.5 Å². The molecule has 0 saturated carbocycles. The number of carbonyl (C=O) groups is 2. The van der Waals surface area contributed by atoms with E-state index in [1.54, 1.807) is 0 Å². The second kappa shape index (κ2) is 8.26. The van der Waals surface area contributed by atoms with Gasteiger partial charge in [0.15, 0.2) is 0 Å². The summed E-state index contributed by atoms with van der Waals surface area (Å²) in [4.78, 5) is 20.9. The van der Waals surface area contributed by atoms with Crippen LogP contribution in [-0.4, -0.2) is 18.8 Å². The van der Waals surface area contributed by atoms with Gasteiger partial charge in [-0.2, -0.15) is 0 Å². The quantitative estimate of drug-likeness (QED) is 0.519. The largest absolute Gasteiger partial charge is 0.494 e. The Morgan fingerprint density at radius 2 is 1.95 bits per heavy atom. The van der Waals surface area contributed by atoms with E-state index >= 15 is 0 Å². The minimum absolute atomic E-state index is 0.131. The third kappa shape index (κ3) is 6.01. The molecule has 1 rings (SSSR count). The second-order valence-corrected chi connectivity index (χ2v) is 4.36. The highest BCUT2D eigenvalue weighted by molar-refractivity contribution is 5.74. The number of primary amides is 1. The van der Waals surface area contributed by atoms with Gasteiger partial charge in [0.25, 0.3) is 0 Å². The smallest absolute Gasteiger partial charge is 0.219 e. The Morgan fingerprint density at radius 1 is 1.26 bits per heavy atom. The van der Waals surface area contributed by atoms with Crippen molar-refractivity contribution in [2.75, 3.05) is 6.61 Å². The Bertz CT molecular complexity index is 404. The molecular formula is C14H20N2O3. The van der Waals surface area contributed by atoms with Crippen LogP contribution >= 0.6 is 0 Å². The minimum Gasteiger partial charge on any atom is -0.494 e. The standard InChI is InChI=1S/C14H20N2O3/c15-13(10-14(16)18)11-4-6-12(7-5-11)19-9-3-1-2-8-17/h4-8,13H,1-3,9-10,15H2,(H2,16,18)/t13-/m0/s1. The van der Waals surface area contributed by atoms with Crippen LogP contribution < -0.4 is 16.2 Å². The van der Waals surface area contributed by atoms with E-state index in [0.717, 1.165) is 30.4 Å². The van der Waals surface area contributed by atoms with Gasteiger partial charge < -0.3 is 21.0 Å². The Morgan fingerprint density at radius 3 is 2.53 bits per heavy atom. The van der Waals surface area contributed by atoms with Gasteiger partial charge in [-0.25, -0.2) is 0 Å². The van der Waals surface area contributed by atoms with E-state index in [-0.39, 0.29) is 12.5 Å². The molecule has 0 aliphatic rings. The van der Waals surface area contributed by atoms with Crippen molar-refractivity contribution in [1.82, 2.24) is 0 Å². The Hall–Kier alpha value is -1.88. The van der Waals surface area contributed by atoms with Gasteiger partial charge in [-0.15, -0.1) is 0 Å². The van der Waals surface area contributed by atoms with E-state index in [1.165, 1.54) is 0 Å². The van der Waals surface area contributed by atoms with E-state index in [4.69, 9.17) is 16.2 Å². The molecule has 0 saturated heterocycles. The molecule has 5 heteroatoms. The number of hydrogen-bond donors (Lipinski definition) is 2. The second-order valence-electron chi connectivity index (χ2n) is 4.36. The van der Waals surface area contributed by atoms with Crippen molar-refractivity contribution in [2.45, 2.75) is 31.7 Å². The van der Waals surface area contributed by atoms with Crippen LogP contribution in [0.15, 0.2) is 24.3 Å². The molecule has 0 aliphatic carbocycles. The van der Waals surface area contributed by atoms with Gasteiger partial charge in [0.1, 0.15) is 12.0 Å². The molecule has 1 aromatic rings. The Kier molecular flexibility index (Phi) is 6.60. The highest BCUT2D eigenvalue weighted by Gasteiger charge is 2.09. The summed E-state index contributed by atoms with van der Waals surface area (Å²) in [7, 11) is 0. The Labute approximate surface area is 112 Å². The van der Waals surface area contributed by atoms with Gasteiger partial charge >= 0.3 is 0 Å². The fourth-order valence-electron chi connectivity index (χ4n) is 1.67. The van der Waals surface area contributed by atoms with Crippen LogP contribution in [0.5, 0.6) is 5.75 Å². The number of rotatable bonds is 9. The number of ether oxygens (including phenoxy) is 1. The van der Waals surface area contributed by atoms with E-state index in [9.17, 15) is 9.59 Å². The normalized spacial score (nSPS) is 11.8. The molecule has 104 valence electrons. The number of hydrogen-bond acceptors (Lipinski definition) is 4. The fourth-order valence-corrected chi connectivity index (χ4v) is 1.67. The number of aldehydes is 1. The van der Waals surface area contributed by atoms with Gasteiger partial charge in [0, 0.05) is 18.9 Å². The molecule has 1 amide bonds. The van der Waals surface area contributed by atoms with Crippen LogP contribution in [-0.2, 0) is 9.59 Å². The molecule has 0 spiro atoms. The molecule has 0 bridgehead atoms. The molecule has 0 aromatic heterocycles. The molecule has 0 heterocycles. The van der Waals surface area contributed by atoms with Crippen molar-refractivity contribution in [3.63, 3.8) is 0 Å². The van der Waals surface area contributed by atoms with Crippen LogP contribution in [0, 0.1) is 0 Å². The zero-order chi connectivity index (χ0) is 14.1. The number of benzene rings is 1. The first-order valence-electron chi connectivity index (χ1n) is 6.33. The summed E-state index contributed by atoms with van der Waals surface area (Å²) < 4.78 is 5.52. The first-order valence-corrected chi connectivity index (χ1v) is 6.33. The molecule has 0 aliphatic heterocycles. The van der Waals surface area contributed by atoms with Gasteiger partial charge in [0.2, 0.25) is 5.91 Å².